The Labute approximate surface area is 164 Å². The van der Waals surface area contributed by atoms with E-state index in [0.717, 1.165) is 0 Å². The van der Waals surface area contributed by atoms with Gasteiger partial charge in [0.25, 0.3) is 5.91 Å². The second-order valence-corrected chi connectivity index (χ2v) is 7.11. The maximum atomic E-state index is 12.6. The maximum absolute atomic E-state index is 12.6. The molecule has 2 amide bonds. The van der Waals surface area contributed by atoms with Crippen molar-refractivity contribution >= 4 is 23.5 Å². The van der Waals surface area contributed by atoms with Crippen molar-refractivity contribution in [3.8, 4) is 0 Å². The van der Waals surface area contributed by atoms with Gasteiger partial charge in [-0.1, -0.05) is 30.3 Å². The summed E-state index contributed by atoms with van der Waals surface area (Å²) in [5, 5.41) is 12.0. The number of carbonyl (C=O) groups excluding carboxylic acids is 2. The molecule has 2 N–H and O–H groups in total. The third-order valence-electron chi connectivity index (χ3n) is 5.20. The molecule has 1 atom stereocenters. The molecule has 0 spiro atoms. The quantitative estimate of drug-likeness (QED) is 0.833. The van der Waals surface area contributed by atoms with Crippen LogP contribution in [-0.2, 0) is 9.59 Å². The molecule has 2 aromatic carbocycles. The fourth-order valence-electron chi connectivity index (χ4n) is 3.38. The third-order valence-corrected chi connectivity index (χ3v) is 5.20. The van der Waals surface area contributed by atoms with Gasteiger partial charge in [0, 0.05) is 30.3 Å². The molecule has 1 saturated heterocycles. The lowest BCUT2D eigenvalue weighted by Crippen LogP contribution is -2.41. The van der Waals surface area contributed by atoms with Crippen LogP contribution in [0.25, 0.3) is 0 Å². The number of aliphatic carboxylic acids is 1. The van der Waals surface area contributed by atoms with Crippen LogP contribution in [0.15, 0.2) is 54.6 Å². The van der Waals surface area contributed by atoms with Gasteiger partial charge in [0.15, 0.2) is 0 Å². The molecule has 2 aromatic rings. The van der Waals surface area contributed by atoms with E-state index in [1.165, 1.54) is 0 Å². The Bertz CT molecular complexity index is 858. The number of anilines is 1. The van der Waals surface area contributed by atoms with Gasteiger partial charge in [-0.15, -0.1) is 0 Å². The van der Waals surface area contributed by atoms with Gasteiger partial charge in [0.2, 0.25) is 5.91 Å². The highest BCUT2D eigenvalue weighted by Gasteiger charge is 2.28. The first-order chi connectivity index (χ1) is 13.5. The number of carboxylic acids is 1. The molecule has 0 saturated carbocycles. The van der Waals surface area contributed by atoms with E-state index < -0.39 is 11.9 Å². The van der Waals surface area contributed by atoms with E-state index in [0.29, 0.717) is 42.7 Å². The van der Waals surface area contributed by atoms with Crippen LogP contribution in [-0.4, -0.2) is 40.9 Å². The van der Waals surface area contributed by atoms with E-state index in [-0.39, 0.29) is 17.7 Å². The summed E-state index contributed by atoms with van der Waals surface area (Å²) in [6, 6.07) is 16.1. The minimum absolute atomic E-state index is 0.00480. The molecule has 3 rings (SSSR count). The SMILES string of the molecule is CC(C(=O)O)c1cccc(NC(=O)C2CCN(C(=O)c3ccccc3)CC2)c1. The van der Waals surface area contributed by atoms with E-state index in [1.807, 2.05) is 18.2 Å². The van der Waals surface area contributed by atoms with E-state index in [2.05, 4.69) is 5.32 Å². The molecule has 1 aliphatic rings. The number of carboxylic acid groups (broad SMARTS) is 1. The number of hydrogen-bond acceptors (Lipinski definition) is 3. The topological polar surface area (TPSA) is 86.7 Å². The molecule has 28 heavy (non-hydrogen) atoms. The summed E-state index contributed by atoms with van der Waals surface area (Å²) < 4.78 is 0. The van der Waals surface area contributed by atoms with Crippen molar-refractivity contribution in [1.29, 1.82) is 0 Å². The van der Waals surface area contributed by atoms with Crippen LogP contribution in [0.2, 0.25) is 0 Å². The fourth-order valence-corrected chi connectivity index (χ4v) is 3.38. The van der Waals surface area contributed by atoms with Crippen molar-refractivity contribution in [2.75, 3.05) is 18.4 Å². The normalized spacial score (nSPS) is 15.7. The molecule has 1 fully saturated rings. The average molecular weight is 380 g/mol. The van der Waals surface area contributed by atoms with Crippen molar-refractivity contribution < 1.29 is 19.5 Å². The summed E-state index contributed by atoms with van der Waals surface area (Å²) in [6.45, 7) is 2.70. The Hall–Kier alpha value is -3.15. The van der Waals surface area contributed by atoms with Gasteiger partial charge in [-0.05, 0) is 49.6 Å². The van der Waals surface area contributed by atoms with E-state index >= 15 is 0 Å². The number of benzene rings is 2. The van der Waals surface area contributed by atoms with Gasteiger partial charge in [0.1, 0.15) is 0 Å². The lowest BCUT2D eigenvalue weighted by Gasteiger charge is -2.31. The third kappa shape index (κ3) is 4.57. The Morgan fingerprint density at radius 3 is 2.36 bits per heavy atom. The van der Waals surface area contributed by atoms with Gasteiger partial charge in [-0.25, -0.2) is 0 Å². The minimum atomic E-state index is -0.904. The monoisotopic (exact) mass is 380 g/mol. The van der Waals surface area contributed by atoms with Crippen LogP contribution in [0.5, 0.6) is 0 Å². The Balaban J connectivity index is 1.56. The van der Waals surface area contributed by atoms with Gasteiger partial charge in [-0.2, -0.15) is 0 Å². The first kappa shape index (κ1) is 19.6. The maximum Gasteiger partial charge on any atom is 0.310 e. The molecule has 6 heteroatoms. The predicted octanol–water partition coefficient (Wildman–Crippen LogP) is 3.37. The second-order valence-electron chi connectivity index (χ2n) is 7.11. The fraction of sp³-hybridized carbons (Fsp3) is 0.318. The first-order valence-electron chi connectivity index (χ1n) is 9.43. The highest BCUT2D eigenvalue weighted by atomic mass is 16.4. The zero-order valence-corrected chi connectivity index (χ0v) is 15.8. The lowest BCUT2D eigenvalue weighted by atomic mass is 9.95. The average Bonchev–Trinajstić information content (AvgIpc) is 2.73. The molecule has 1 unspecified atom stereocenters. The summed E-state index contributed by atoms with van der Waals surface area (Å²) in [5.74, 6) is -1.80. The Morgan fingerprint density at radius 1 is 1.04 bits per heavy atom. The van der Waals surface area contributed by atoms with Crippen LogP contribution in [0.3, 0.4) is 0 Å². The molecule has 146 valence electrons. The number of hydrogen-bond donors (Lipinski definition) is 2. The molecular formula is C22H24N2O4. The number of nitrogens with one attached hydrogen (secondary N) is 1. The van der Waals surface area contributed by atoms with Crippen molar-refractivity contribution in [2.45, 2.75) is 25.7 Å². The molecule has 6 nitrogen and oxygen atoms in total. The van der Waals surface area contributed by atoms with Crippen LogP contribution in [0, 0.1) is 5.92 Å². The molecule has 0 aromatic heterocycles. The number of nitrogens with zero attached hydrogens (tertiary/aromatic N) is 1. The standard InChI is InChI=1S/C22H24N2O4/c1-15(22(27)28)18-8-5-9-19(14-18)23-20(25)16-10-12-24(13-11-16)21(26)17-6-3-2-4-7-17/h2-9,14-16H,10-13H2,1H3,(H,23,25)(H,27,28). The lowest BCUT2D eigenvalue weighted by molar-refractivity contribution is -0.138. The summed E-state index contributed by atoms with van der Waals surface area (Å²) in [5.41, 5.74) is 1.90. The van der Waals surface area contributed by atoms with Crippen LogP contribution >= 0.6 is 0 Å². The van der Waals surface area contributed by atoms with Crippen molar-refractivity contribution in [1.82, 2.24) is 4.90 Å². The smallest absolute Gasteiger partial charge is 0.310 e. The van der Waals surface area contributed by atoms with Gasteiger partial charge in [-0.3, -0.25) is 14.4 Å². The van der Waals surface area contributed by atoms with Crippen molar-refractivity contribution in [3.05, 3.63) is 65.7 Å². The van der Waals surface area contributed by atoms with Crippen LogP contribution < -0.4 is 5.32 Å². The summed E-state index contributed by atoms with van der Waals surface area (Å²) in [7, 11) is 0. The molecule has 0 radical (unpaired) electrons. The number of carbonyl (C=O) groups is 3. The summed E-state index contributed by atoms with van der Waals surface area (Å²) in [6.07, 6.45) is 1.21. The largest absolute Gasteiger partial charge is 0.481 e. The van der Waals surface area contributed by atoms with E-state index in [1.54, 1.807) is 48.2 Å². The first-order valence-corrected chi connectivity index (χ1v) is 9.43. The molecule has 1 heterocycles. The Morgan fingerprint density at radius 2 is 1.71 bits per heavy atom. The van der Waals surface area contributed by atoms with E-state index in [9.17, 15) is 14.4 Å². The number of likely N-dealkylation sites (tertiary alicyclic amines) is 1. The van der Waals surface area contributed by atoms with Gasteiger partial charge in [0.05, 0.1) is 5.92 Å². The number of rotatable bonds is 5. The number of amides is 2. The predicted molar refractivity (Wildman–Crippen MR) is 106 cm³/mol. The zero-order chi connectivity index (χ0) is 20.1. The molecule has 0 aliphatic carbocycles. The van der Waals surface area contributed by atoms with Crippen LogP contribution in [0.4, 0.5) is 5.69 Å². The van der Waals surface area contributed by atoms with Gasteiger partial charge < -0.3 is 15.3 Å². The van der Waals surface area contributed by atoms with Crippen molar-refractivity contribution in [2.24, 2.45) is 5.92 Å². The highest BCUT2D eigenvalue weighted by molar-refractivity contribution is 5.95. The van der Waals surface area contributed by atoms with Gasteiger partial charge >= 0.3 is 5.97 Å². The molecule has 1 aliphatic heterocycles. The summed E-state index contributed by atoms with van der Waals surface area (Å²) in [4.78, 5) is 38.0. The number of piperidine rings is 1. The van der Waals surface area contributed by atoms with Crippen molar-refractivity contribution in [3.63, 3.8) is 0 Å². The summed E-state index contributed by atoms with van der Waals surface area (Å²) >= 11 is 0. The molecular weight excluding hydrogens is 356 g/mol. The molecule has 0 bridgehead atoms. The minimum Gasteiger partial charge on any atom is -0.481 e. The van der Waals surface area contributed by atoms with Crippen LogP contribution in [0.1, 0.15) is 41.6 Å². The van der Waals surface area contributed by atoms with E-state index in [4.69, 9.17) is 5.11 Å². The zero-order valence-electron chi connectivity index (χ0n) is 15.8. The highest BCUT2D eigenvalue weighted by Crippen LogP contribution is 2.23. The Kier molecular flexibility index (Phi) is 6.09. The second kappa shape index (κ2) is 8.69.